The summed E-state index contributed by atoms with van der Waals surface area (Å²) in [5.41, 5.74) is 2.90. The number of piperazine rings is 1. The Hall–Kier alpha value is -3.85. The van der Waals surface area contributed by atoms with Crippen molar-refractivity contribution in [2.45, 2.75) is 0 Å². The zero-order valence-corrected chi connectivity index (χ0v) is 19.1. The minimum atomic E-state index is -0.0735. The average Bonchev–Trinajstić information content (AvgIpc) is 2.90. The lowest BCUT2D eigenvalue weighted by Crippen LogP contribution is -2.50. The molecule has 176 valence electrons. The molecular formula is C25H29N7O2. The summed E-state index contributed by atoms with van der Waals surface area (Å²) in [6.45, 7) is 5.87. The smallest absolute Gasteiger partial charge is 0.321 e. The summed E-state index contributed by atoms with van der Waals surface area (Å²) in [6, 6.07) is 19.6. The number of para-hydroxylation sites is 3. The van der Waals surface area contributed by atoms with Crippen molar-refractivity contribution >= 4 is 34.9 Å². The minimum Gasteiger partial charge on any atom is -0.378 e. The van der Waals surface area contributed by atoms with E-state index in [1.165, 1.54) is 0 Å². The van der Waals surface area contributed by atoms with Gasteiger partial charge in [-0.2, -0.15) is 4.98 Å². The zero-order chi connectivity index (χ0) is 23.2. The maximum atomic E-state index is 12.6. The normalized spacial score (nSPS) is 16.3. The molecule has 2 aliphatic heterocycles. The summed E-state index contributed by atoms with van der Waals surface area (Å²) in [6.07, 6.45) is 1.77. The van der Waals surface area contributed by atoms with Crippen LogP contribution in [0.2, 0.25) is 0 Å². The fraction of sp³-hybridized carbons (Fsp3) is 0.320. The number of rotatable bonds is 5. The highest BCUT2D eigenvalue weighted by atomic mass is 16.5. The third kappa shape index (κ3) is 5.20. The first-order valence-corrected chi connectivity index (χ1v) is 11.6. The third-order valence-corrected chi connectivity index (χ3v) is 6.06. The summed E-state index contributed by atoms with van der Waals surface area (Å²) < 4.78 is 5.49. The summed E-state index contributed by atoms with van der Waals surface area (Å²) >= 11 is 0. The molecule has 34 heavy (non-hydrogen) atoms. The standard InChI is InChI=1S/C25H29N7O2/c33-25(27-20-6-2-1-3-7-20)32-14-12-31(13-15-32)23-10-11-26-24(29-23)28-21-8-4-5-9-22(21)30-16-18-34-19-17-30/h1-11H,12-19H2,(H,27,33)(H,26,28,29). The van der Waals surface area contributed by atoms with Gasteiger partial charge in [-0.15, -0.1) is 0 Å². The van der Waals surface area contributed by atoms with E-state index in [1.807, 2.05) is 59.5 Å². The topological polar surface area (TPSA) is 85.9 Å². The molecular weight excluding hydrogens is 430 g/mol. The number of carbonyl (C=O) groups excluding carboxylic acids is 1. The van der Waals surface area contributed by atoms with Crippen LogP contribution in [0.3, 0.4) is 0 Å². The molecule has 0 bridgehead atoms. The molecule has 9 nitrogen and oxygen atoms in total. The van der Waals surface area contributed by atoms with Gasteiger partial charge in [0.1, 0.15) is 5.82 Å². The van der Waals surface area contributed by atoms with Gasteiger partial charge in [-0.3, -0.25) is 0 Å². The molecule has 0 aliphatic carbocycles. The third-order valence-electron chi connectivity index (χ3n) is 6.06. The number of benzene rings is 2. The summed E-state index contributed by atoms with van der Waals surface area (Å²) in [5, 5.41) is 6.35. The maximum Gasteiger partial charge on any atom is 0.321 e. The number of carbonyl (C=O) groups is 1. The van der Waals surface area contributed by atoms with Crippen LogP contribution in [-0.4, -0.2) is 73.4 Å². The molecule has 9 heteroatoms. The average molecular weight is 460 g/mol. The van der Waals surface area contributed by atoms with Crippen LogP contribution in [0.15, 0.2) is 66.9 Å². The van der Waals surface area contributed by atoms with E-state index < -0.39 is 0 Å². The molecule has 3 aromatic rings. The van der Waals surface area contributed by atoms with Gasteiger partial charge in [0, 0.05) is 51.2 Å². The zero-order valence-electron chi connectivity index (χ0n) is 19.1. The first-order valence-electron chi connectivity index (χ1n) is 11.6. The molecule has 2 amide bonds. The van der Waals surface area contributed by atoms with Gasteiger partial charge in [-0.1, -0.05) is 30.3 Å². The lowest BCUT2D eigenvalue weighted by Gasteiger charge is -2.35. The number of urea groups is 1. The summed E-state index contributed by atoms with van der Waals surface area (Å²) in [5.74, 6) is 1.41. The number of amides is 2. The highest BCUT2D eigenvalue weighted by Gasteiger charge is 2.22. The van der Waals surface area contributed by atoms with Crippen molar-refractivity contribution in [2.75, 3.05) is 72.9 Å². The number of nitrogens with one attached hydrogen (secondary N) is 2. The molecule has 2 aliphatic rings. The fourth-order valence-electron chi connectivity index (χ4n) is 4.23. The molecule has 0 radical (unpaired) electrons. The highest BCUT2D eigenvalue weighted by molar-refractivity contribution is 5.89. The second-order valence-electron chi connectivity index (χ2n) is 8.25. The van der Waals surface area contributed by atoms with Crippen LogP contribution in [0.4, 0.5) is 33.6 Å². The lowest BCUT2D eigenvalue weighted by atomic mass is 10.2. The van der Waals surface area contributed by atoms with E-state index in [2.05, 4.69) is 31.5 Å². The molecule has 0 atom stereocenters. The molecule has 0 unspecified atom stereocenters. The summed E-state index contributed by atoms with van der Waals surface area (Å²) in [7, 11) is 0. The second kappa shape index (κ2) is 10.4. The van der Waals surface area contributed by atoms with Crippen molar-refractivity contribution in [3.05, 3.63) is 66.9 Å². The first-order chi connectivity index (χ1) is 16.8. The van der Waals surface area contributed by atoms with Crippen molar-refractivity contribution in [2.24, 2.45) is 0 Å². The van der Waals surface area contributed by atoms with E-state index in [-0.39, 0.29) is 6.03 Å². The van der Waals surface area contributed by atoms with Crippen LogP contribution < -0.4 is 20.4 Å². The van der Waals surface area contributed by atoms with Gasteiger partial charge in [0.15, 0.2) is 0 Å². The molecule has 2 saturated heterocycles. The maximum absolute atomic E-state index is 12.6. The highest BCUT2D eigenvalue weighted by Crippen LogP contribution is 2.28. The number of morpholine rings is 1. The van der Waals surface area contributed by atoms with E-state index >= 15 is 0 Å². The Morgan fingerprint density at radius 1 is 0.824 bits per heavy atom. The first kappa shape index (κ1) is 22.0. The molecule has 3 heterocycles. The Balaban J connectivity index is 1.21. The number of nitrogens with zero attached hydrogens (tertiary/aromatic N) is 5. The number of anilines is 5. The van der Waals surface area contributed by atoms with Crippen LogP contribution in [0.5, 0.6) is 0 Å². The Bertz CT molecular complexity index is 1100. The number of ether oxygens (including phenoxy) is 1. The van der Waals surface area contributed by atoms with Gasteiger partial charge in [0.05, 0.1) is 24.6 Å². The molecule has 0 spiro atoms. The van der Waals surface area contributed by atoms with Gasteiger partial charge in [0.25, 0.3) is 0 Å². The molecule has 5 rings (SSSR count). The molecule has 0 saturated carbocycles. The predicted octanol–water partition coefficient (Wildman–Crippen LogP) is 3.41. The summed E-state index contributed by atoms with van der Waals surface area (Å²) in [4.78, 5) is 28.1. The van der Waals surface area contributed by atoms with Crippen molar-refractivity contribution < 1.29 is 9.53 Å². The van der Waals surface area contributed by atoms with Crippen molar-refractivity contribution in [3.63, 3.8) is 0 Å². The van der Waals surface area contributed by atoms with E-state index in [4.69, 9.17) is 9.72 Å². The van der Waals surface area contributed by atoms with Crippen molar-refractivity contribution in [1.82, 2.24) is 14.9 Å². The fourth-order valence-corrected chi connectivity index (χ4v) is 4.23. The Morgan fingerprint density at radius 3 is 2.35 bits per heavy atom. The van der Waals surface area contributed by atoms with Crippen molar-refractivity contribution in [1.29, 1.82) is 0 Å². The van der Waals surface area contributed by atoms with Crippen LogP contribution in [0, 0.1) is 0 Å². The van der Waals surface area contributed by atoms with E-state index in [9.17, 15) is 4.79 Å². The van der Waals surface area contributed by atoms with Gasteiger partial charge < -0.3 is 30.1 Å². The Kier molecular flexibility index (Phi) is 6.71. The van der Waals surface area contributed by atoms with Gasteiger partial charge in [-0.05, 0) is 30.3 Å². The molecule has 2 fully saturated rings. The number of hydrogen-bond acceptors (Lipinski definition) is 7. The Morgan fingerprint density at radius 2 is 1.56 bits per heavy atom. The monoisotopic (exact) mass is 459 g/mol. The van der Waals surface area contributed by atoms with Gasteiger partial charge in [-0.25, -0.2) is 9.78 Å². The van der Waals surface area contributed by atoms with Crippen LogP contribution >= 0.6 is 0 Å². The lowest BCUT2D eigenvalue weighted by molar-refractivity contribution is 0.123. The van der Waals surface area contributed by atoms with Gasteiger partial charge >= 0.3 is 6.03 Å². The van der Waals surface area contributed by atoms with Crippen molar-refractivity contribution in [3.8, 4) is 0 Å². The second-order valence-corrected chi connectivity index (χ2v) is 8.25. The van der Waals surface area contributed by atoms with E-state index in [0.29, 0.717) is 32.1 Å². The minimum absolute atomic E-state index is 0.0735. The van der Waals surface area contributed by atoms with Crippen LogP contribution in [-0.2, 0) is 4.74 Å². The largest absolute Gasteiger partial charge is 0.378 e. The quantitative estimate of drug-likeness (QED) is 0.605. The Labute approximate surface area is 199 Å². The van der Waals surface area contributed by atoms with Crippen LogP contribution in [0.25, 0.3) is 0 Å². The number of hydrogen-bond donors (Lipinski definition) is 2. The van der Waals surface area contributed by atoms with Crippen LogP contribution in [0.1, 0.15) is 0 Å². The predicted molar refractivity (Wildman–Crippen MR) is 134 cm³/mol. The van der Waals surface area contributed by atoms with E-state index in [0.717, 1.165) is 49.2 Å². The molecule has 2 aromatic carbocycles. The van der Waals surface area contributed by atoms with E-state index in [1.54, 1.807) is 6.20 Å². The van der Waals surface area contributed by atoms with Gasteiger partial charge in [0.2, 0.25) is 5.95 Å². The molecule has 1 aromatic heterocycles. The molecule has 2 N–H and O–H groups in total. The number of aromatic nitrogens is 2. The SMILES string of the molecule is O=C(Nc1ccccc1)N1CCN(c2ccnc(Nc3ccccc3N3CCOCC3)n2)CC1.